The maximum atomic E-state index is 14.3. The van der Waals surface area contributed by atoms with E-state index in [1.807, 2.05) is 82.8 Å². The van der Waals surface area contributed by atoms with Crippen LogP contribution in [0.4, 0.5) is 0 Å². The number of hydrogen-bond donors (Lipinski definition) is 0. The van der Waals surface area contributed by atoms with Crippen LogP contribution in [0.3, 0.4) is 0 Å². The number of esters is 1. The lowest BCUT2D eigenvalue weighted by atomic mass is 9.77. The summed E-state index contributed by atoms with van der Waals surface area (Å²) in [5, 5.41) is 0. The SMILES string of the molecule is Cc1cc(C)c(CN2CCc3c(C)c4c(c(C)c3C2=O)OC(C)(C2CCC(CC(=O)OC(C)(C)C)CC2)O4)c(OCc2ccccc2)n1. The number of carbonyl (C=O) groups excluding carboxylic acids is 2. The summed E-state index contributed by atoms with van der Waals surface area (Å²) in [4.78, 5) is 33.4. The highest BCUT2D eigenvalue weighted by Gasteiger charge is 2.48. The van der Waals surface area contributed by atoms with Gasteiger partial charge in [-0.25, -0.2) is 4.98 Å². The predicted octanol–water partition coefficient (Wildman–Crippen LogP) is 8.12. The van der Waals surface area contributed by atoms with Crippen molar-refractivity contribution in [2.75, 3.05) is 6.54 Å². The van der Waals surface area contributed by atoms with Gasteiger partial charge in [-0.15, -0.1) is 0 Å². The van der Waals surface area contributed by atoms with Gasteiger partial charge in [0.1, 0.15) is 12.2 Å². The van der Waals surface area contributed by atoms with Gasteiger partial charge in [0.15, 0.2) is 11.5 Å². The molecule has 256 valence electrons. The van der Waals surface area contributed by atoms with Gasteiger partial charge in [-0.3, -0.25) is 9.59 Å². The molecule has 2 aromatic carbocycles. The summed E-state index contributed by atoms with van der Waals surface area (Å²) in [5.41, 5.74) is 7.05. The number of ether oxygens (including phenoxy) is 4. The summed E-state index contributed by atoms with van der Waals surface area (Å²) in [5.74, 6) is 1.54. The van der Waals surface area contributed by atoms with E-state index < -0.39 is 11.4 Å². The fraction of sp³-hybridized carbons (Fsp3) is 0.525. The molecule has 3 aromatic rings. The van der Waals surface area contributed by atoms with E-state index in [4.69, 9.17) is 23.9 Å². The molecule has 1 aromatic heterocycles. The van der Waals surface area contributed by atoms with Gasteiger partial charge in [0, 0.05) is 48.2 Å². The molecule has 0 N–H and O–H groups in total. The van der Waals surface area contributed by atoms with E-state index in [1.54, 1.807) is 0 Å². The van der Waals surface area contributed by atoms with Crippen molar-refractivity contribution >= 4 is 11.9 Å². The molecule has 3 heterocycles. The summed E-state index contributed by atoms with van der Waals surface area (Å²) in [7, 11) is 0. The van der Waals surface area contributed by atoms with E-state index in [0.717, 1.165) is 82.5 Å². The van der Waals surface area contributed by atoms with Crippen LogP contribution in [0.5, 0.6) is 17.4 Å². The first-order valence-corrected chi connectivity index (χ1v) is 17.4. The lowest BCUT2D eigenvalue weighted by Gasteiger charge is -2.37. The van der Waals surface area contributed by atoms with Crippen molar-refractivity contribution in [3.8, 4) is 17.4 Å². The first-order chi connectivity index (χ1) is 22.7. The second kappa shape index (κ2) is 13.1. The molecule has 0 spiro atoms. The number of hydrogen-bond acceptors (Lipinski definition) is 7. The predicted molar refractivity (Wildman–Crippen MR) is 184 cm³/mol. The molecule has 1 atom stereocenters. The van der Waals surface area contributed by atoms with Gasteiger partial charge in [0.05, 0.1) is 6.54 Å². The van der Waals surface area contributed by atoms with Crippen molar-refractivity contribution in [3.63, 3.8) is 0 Å². The molecule has 1 amide bonds. The van der Waals surface area contributed by atoms with E-state index in [9.17, 15) is 9.59 Å². The number of rotatable bonds is 8. The van der Waals surface area contributed by atoms with Crippen LogP contribution >= 0.6 is 0 Å². The molecule has 48 heavy (non-hydrogen) atoms. The molecule has 0 saturated heterocycles. The lowest BCUT2D eigenvalue weighted by molar-refractivity contribution is -0.157. The quantitative estimate of drug-likeness (QED) is 0.227. The molecular weight excluding hydrogens is 604 g/mol. The van der Waals surface area contributed by atoms with Gasteiger partial charge >= 0.3 is 5.97 Å². The highest BCUT2D eigenvalue weighted by Crippen LogP contribution is 2.52. The summed E-state index contributed by atoms with van der Waals surface area (Å²) in [6.45, 7) is 17.2. The molecule has 0 radical (unpaired) electrons. The molecule has 8 heteroatoms. The van der Waals surface area contributed by atoms with Crippen LogP contribution in [-0.2, 0) is 29.1 Å². The first-order valence-electron chi connectivity index (χ1n) is 17.4. The maximum Gasteiger partial charge on any atom is 0.306 e. The average Bonchev–Trinajstić information content (AvgIpc) is 3.40. The molecular formula is C40H50N2O6. The zero-order valence-corrected chi connectivity index (χ0v) is 29.8. The van der Waals surface area contributed by atoms with E-state index in [0.29, 0.717) is 43.7 Å². The van der Waals surface area contributed by atoms with Gasteiger partial charge in [-0.05, 0) is 115 Å². The van der Waals surface area contributed by atoms with Crippen LogP contribution in [0.25, 0.3) is 0 Å². The van der Waals surface area contributed by atoms with Crippen molar-refractivity contribution in [2.24, 2.45) is 11.8 Å². The van der Waals surface area contributed by atoms with Gasteiger partial charge in [0.25, 0.3) is 11.7 Å². The van der Waals surface area contributed by atoms with E-state index >= 15 is 0 Å². The number of aryl methyl sites for hydroxylation is 2. The van der Waals surface area contributed by atoms with Gasteiger partial charge in [-0.1, -0.05) is 30.3 Å². The lowest BCUT2D eigenvalue weighted by Crippen LogP contribution is -2.45. The first kappa shape index (κ1) is 33.8. The average molecular weight is 655 g/mol. The van der Waals surface area contributed by atoms with Crippen molar-refractivity contribution in [1.82, 2.24) is 9.88 Å². The number of benzene rings is 2. The second-order valence-corrected chi connectivity index (χ2v) is 15.1. The van der Waals surface area contributed by atoms with Crippen LogP contribution in [0.1, 0.15) is 109 Å². The van der Waals surface area contributed by atoms with Gasteiger partial charge in [0.2, 0.25) is 5.88 Å². The van der Waals surface area contributed by atoms with Crippen LogP contribution in [0.15, 0.2) is 36.4 Å². The molecule has 8 nitrogen and oxygen atoms in total. The maximum absolute atomic E-state index is 14.3. The van der Waals surface area contributed by atoms with Crippen LogP contribution in [0, 0.1) is 39.5 Å². The Morgan fingerprint density at radius 3 is 2.33 bits per heavy atom. The zero-order valence-electron chi connectivity index (χ0n) is 29.8. The number of fused-ring (bicyclic) bond motifs is 2. The Kier molecular flexibility index (Phi) is 9.22. The minimum atomic E-state index is -0.822. The van der Waals surface area contributed by atoms with Crippen molar-refractivity contribution < 1.29 is 28.5 Å². The fourth-order valence-corrected chi connectivity index (χ4v) is 7.67. The monoisotopic (exact) mass is 654 g/mol. The summed E-state index contributed by atoms with van der Waals surface area (Å²) in [6, 6.07) is 12.1. The van der Waals surface area contributed by atoms with Crippen LogP contribution in [0.2, 0.25) is 0 Å². The highest BCUT2D eigenvalue weighted by atomic mass is 16.7. The summed E-state index contributed by atoms with van der Waals surface area (Å²) in [6.07, 6.45) is 4.84. The number of nitrogens with zero attached hydrogens (tertiary/aromatic N) is 2. The Morgan fingerprint density at radius 2 is 1.67 bits per heavy atom. The van der Waals surface area contributed by atoms with E-state index in [1.165, 1.54) is 0 Å². The van der Waals surface area contributed by atoms with Crippen molar-refractivity contribution in [1.29, 1.82) is 0 Å². The van der Waals surface area contributed by atoms with Crippen molar-refractivity contribution in [3.05, 3.63) is 81.0 Å². The minimum absolute atomic E-state index is 0.00603. The molecule has 1 saturated carbocycles. The topological polar surface area (TPSA) is 87.2 Å². The molecule has 1 fully saturated rings. The normalized spacial score (nSPS) is 22.0. The second-order valence-electron chi connectivity index (χ2n) is 15.1. The molecule has 1 aliphatic carbocycles. The number of aromatic nitrogens is 1. The number of amides is 1. The van der Waals surface area contributed by atoms with Crippen LogP contribution < -0.4 is 14.2 Å². The number of carbonyl (C=O) groups is 2. The third-order valence-electron chi connectivity index (χ3n) is 10.2. The third kappa shape index (κ3) is 6.90. The zero-order chi connectivity index (χ0) is 34.4. The van der Waals surface area contributed by atoms with Gasteiger partial charge < -0.3 is 23.8 Å². The standard InChI is InChI=1S/C40H50N2O6/c1-24-20-25(2)41-37(45-23-29-12-10-9-11-13-29)32(24)22-42-19-18-31-26(3)35-36(27(4)34(31)38(42)44)48-40(8,47-35)30-16-14-28(15-17-30)21-33(43)46-39(5,6)7/h9-13,20,28,30H,14-19,21-23H2,1-8H3. The molecule has 2 aliphatic heterocycles. The van der Waals surface area contributed by atoms with Gasteiger partial charge in [-0.2, -0.15) is 0 Å². The Labute approximate surface area is 285 Å². The molecule has 1 unspecified atom stereocenters. The Morgan fingerprint density at radius 1 is 1.00 bits per heavy atom. The summed E-state index contributed by atoms with van der Waals surface area (Å²) < 4.78 is 25.2. The Bertz CT molecular complexity index is 1700. The molecule has 0 bridgehead atoms. The highest BCUT2D eigenvalue weighted by molar-refractivity contribution is 6.00. The Hall–Kier alpha value is -4.07. The van der Waals surface area contributed by atoms with Crippen LogP contribution in [-0.4, -0.2) is 39.7 Å². The minimum Gasteiger partial charge on any atom is -0.473 e. The van der Waals surface area contributed by atoms with E-state index in [2.05, 4.69) is 13.8 Å². The molecule has 6 rings (SSSR count). The Balaban J connectivity index is 1.17. The molecule has 3 aliphatic rings. The van der Waals surface area contributed by atoms with E-state index in [-0.39, 0.29) is 17.8 Å². The fourth-order valence-electron chi connectivity index (χ4n) is 7.67. The third-order valence-corrected chi connectivity index (χ3v) is 10.2. The largest absolute Gasteiger partial charge is 0.473 e. The number of pyridine rings is 1. The van der Waals surface area contributed by atoms with Crippen molar-refractivity contribution in [2.45, 2.75) is 118 Å². The smallest absolute Gasteiger partial charge is 0.306 e. The summed E-state index contributed by atoms with van der Waals surface area (Å²) >= 11 is 0.